The zero-order valence-electron chi connectivity index (χ0n) is 9.97. The van der Waals surface area contributed by atoms with Crippen LogP contribution < -0.4 is 20.0 Å². The van der Waals surface area contributed by atoms with Crippen LogP contribution >= 0.6 is 0 Å². The Morgan fingerprint density at radius 2 is 1.89 bits per heavy atom. The number of nitrogen functional groups attached to an aromatic ring is 1. The Labute approximate surface area is 113 Å². The van der Waals surface area contributed by atoms with Gasteiger partial charge in [-0.3, -0.25) is 0 Å². The molecule has 2 rings (SSSR count). The minimum atomic E-state index is 0.166. The van der Waals surface area contributed by atoms with Crippen molar-refractivity contribution in [1.29, 1.82) is 5.26 Å². The van der Waals surface area contributed by atoms with Crippen molar-refractivity contribution in [1.82, 2.24) is 0 Å². The summed E-state index contributed by atoms with van der Waals surface area (Å²) >= 11 is 0.166. The minimum absolute atomic E-state index is 0.166. The van der Waals surface area contributed by atoms with Crippen LogP contribution in [0.15, 0.2) is 42.5 Å². The van der Waals surface area contributed by atoms with Crippen molar-refractivity contribution in [2.75, 3.05) is 11.1 Å². The van der Waals surface area contributed by atoms with Gasteiger partial charge < -0.3 is 0 Å². The molecular formula is C14H13N3Se. The zero-order chi connectivity index (χ0) is 13.0. The molecule has 0 spiro atoms. The zero-order valence-corrected chi connectivity index (χ0v) is 11.7. The third-order valence-electron chi connectivity index (χ3n) is 2.44. The summed E-state index contributed by atoms with van der Waals surface area (Å²) in [6.45, 7) is 2.05. The number of nitrogens with two attached hydrogens (primary N) is 1. The first-order valence-corrected chi connectivity index (χ1v) is 7.19. The molecule has 4 heteroatoms. The van der Waals surface area contributed by atoms with E-state index in [2.05, 4.69) is 18.3 Å². The van der Waals surface area contributed by atoms with Crippen LogP contribution in [0.1, 0.15) is 5.56 Å². The van der Waals surface area contributed by atoms with Gasteiger partial charge in [0.2, 0.25) is 0 Å². The standard InChI is InChI=1S/C14H13N3Se/c1-10-2-7-13(17-9-15)14(8-10)18-12-5-3-11(16)4-6-12/h2-8,17H,16H2,1H3. The maximum absolute atomic E-state index is 8.75. The number of rotatable bonds is 3. The molecule has 0 aliphatic rings. The molecule has 0 fully saturated rings. The molecule has 3 nitrogen and oxygen atoms in total. The molecule has 0 atom stereocenters. The van der Waals surface area contributed by atoms with Gasteiger partial charge in [0.25, 0.3) is 0 Å². The fraction of sp³-hybridized carbons (Fsp3) is 0.0714. The molecule has 2 aromatic rings. The van der Waals surface area contributed by atoms with Crippen LogP contribution in [-0.2, 0) is 0 Å². The van der Waals surface area contributed by atoms with Gasteiger partial charge in [0.1, 0.15) is 0 Å². The fourth-order valence-corrected chi connectivity index (χ4v) is 3.64. The third-order valence-corrected chi connectivity index (χ3v) is 4.67. The predicted molar refractivity (Wildman–Crippen MR) is 76.3 cm³/mol. The summed E-state index contributed by atoms with van der Waals surface area (Å²) in [6, 6.07) is 14.0. The average Bonchev–Trinajstić information content (AvgIpc) is 2.36. The van der Waals surface area contributed by atoms with Gasteiger partial charge >= 0.3 is 113 Å². The Balaban J connectivity index is 2.30. The first-order chi connectivity index (χ1) is 8.69. The second-order valence-electron chi connectivity index (χ2n) is 3.91. The predicted octanol–water partition coefficient (Wildman–Crippen LogP) is 1.13. The van der Waals surface area contributed by atoms with Gasteiger partial charge in [-0.25, -0.2) is 0 Å². The monoisotopic (exact) mass is 303 g/mol. The molecule has 0 saturated heterocycles. The van der Waals surface area contributed by atoms with E-state index in [1.807, 2.05) is 42.6 Å². The number of anilines is 2. The number of aryl methyl sites for hydroxylation is 1. The Morgan fingerprint density at radius 3 is 2.56 bits per heavy atom. The van der Waals surface area contributed by atoms with Crippen LogP contribution in [0.5, 0.6) is 0 Å². The van der Waals surface area contributed by atoms with Crippen LogP contribution in [0.25, 0.3) is 0 Å². The molecule has 0 radical (unpaired) electrons. The van der Waals surface area contributed by atoms with Crippen LogP contribution in [0.4, 0.5) is 11.4 Å². The normalized spacial score (nSPS) is 9.78. The summed E-state index contributed by atoms with van der Waals surface area (Å²) in [5, 5.41) is 11.5. The molecule has 90 valence electrons. The molecular weight excluding hydrogens is 289 g/mol. The topological polar surface area (TPSA) is 61.8 Å². The Hall–Kier alpha value is -1.95. The molecule has 0 heterocycles. The van der Waals surface area contributed by atoms with Crippen molar-refractivity contribution in [3.05, 3.63) is 48.0 Å². The maximum atomic E-state index is 8.75. The van der Waals surface area contributed by atoms with Crippen molar-refractivity contribution in [2.45, 2.75) is 6.92 Å². The first kappa shape index (κ1) is 12.5. The SMILES string of the molecule is Cc1ccc(NC#N)c([Se]c2ccc(N)cc2)c1. The second kappa shape index (κ2) is 5.59. The van der Waals surface area contributed by atoms with Crippen molar-refractivity contribution in [3.63, 3.8) is 0 Å². The third kappa shape index (κ3) is 3.04. The Kier molecular flexibility index (Phi) is 3.88. The number of nitrogens with one attached hydrogen (secondary N) is 1. The van der Waals surface area contributed by atoms with E-state index in [1.165, 1.54) is 14.5 Å². The summed E-state index contributed by atoms with van der Waals surface area (Å²) in [7, 11) is 0. The van der Waals surface area contributed by atoms with Gasteiger partial charge in [-0.05, 0) is 0 Å². The van der Waals surface area contributed by atoms with Gasteiger partial charge in [-0.15, -0.1) is 0 Å². The number of hydrogen-bond donors (Lipinski definition) is 2. The van der Waals surface area contributed by atoms with Gasteiger partial charge in [0.05, 0.1) is 0 Å². The molecule has 0 unspecified atom stereocenters. The molecule has 2 aromatic carbocycles. The number of benzene rings is 2. The summed E-state index contributed by atoms with van der Waals surface area (Å²) in [6.07, 6.45) is 1.98. The van der Waals surface area contributed by atoms with E-state index in [0.29, 0.717) is 0 Å². The molecule has 0 aliphatic carbocycles. The fourth-order valence-electron chi connectivity index (χ4n) is 1.54. The molecule has 0 bridgehead atoms. The molecule has 0 aliphatic heterocycles. The van der Waals surface area contributed by atoms with Crippen molar-refractivity contribution in [3.8, 4) is 6.19 Å². The van der Waals surface area contributed by atoms with Crippen molar-refractivity contribution >= 4 is 35.3 Å². The van der Waals surface area contributed by atoms with Crippen LogP contribution in [0, 0.1) is 18.4 Å². The van der Waals surface area contributed by atoms with Gasteiger partial charge in [0.15, 0.2) is 0 Å². The summed E-state index contributed by atoms with van der Waals surface area (Å²) in [5.74, 6) is 0. The number of nitriles is 1. The number of hydrogen-bond acceptors (Lipinski definition) is 3. The van der Waals surface area contributed by atoms with E-state index < -0.39 is 0 Å². The first-order valence-electron chi connectivity index (χ1n) is 5.48. The number of nitrogens with zero attached hydrogens (tertiary/aromatic N) is 1. The second-order valence-corrected chi connectivity index (χ2v) is 6.25. The average molecular weight is 302 g/mol. The summed E-state index contributed by atoms with van der Waals surface area (Å²) in [4.78, 5) is 0. The molecule has 18 heavy (non-hydrogen) atoms. The van der Waals surface area contributed by atoms with Crippen LogP contribution in [-0.4, -0.2) is 15.0 Å². The Bertz CT molecular complexity index is 585. The molecule has 0 saturated carbocycles. The quantitative estimate of drug-likeness (QED) is 0.387. The summed E-state index contributed by atoms with van der Waals surface area (Å²) in [5.41, 5.74) is 8.53. The van der Waals surface area contributed by atoms with Crippen molar-refractivity contribution in [2.24, 2.45) is 0 Å². The van der Waals surface area contributed by atoms with E-state index in [1.54, 1.807) is 0 Å². The van der Waals surface area contributed by atoms with E-state index in [9.17, 15) is 0 Å². The van der Waals surface area contributed by atoms with E-state index in [-0.39, 0.29) is 15.0 Å². The summed E-state index contributed by atoms with van der Waals surface area (Å²) < 4.78 is 2.41. The Morgan fingerprint density at radius 1 is 1.17 bits per heavy atom. The van der Waals surface area contributed by atoms with Crippen LogP contribution in [0.2, 0.25) is 0 Å². The van der Waals surface area contributed by atoms with E-state index in [0.717, 1.165) is 11.4 Å². The van der Waals surface area contributed by atoms with E-state index >= 15 is 0 Å². The molecule has 0 amide bonds. The van der Waals surface area contributed by atoms with Gasteiger partial charge in [-0.2, -0.15) is 0 Å². The van der Waals surface area contributed by atoms with Gasteiger partial charge in [0, 0.05) is 0 Å². The van der Waals surface area contributed by atoms with E-state index in [4.69, 9.17) is 11.0 Å². The van der Waals surface area contributed by atoms with Crippen molar-refractivity contribution < 1.29 is 0 Å². The molecule has 3 N–H and O–H groups in total. The molecule has 0 aromatic heterocycles. The van der Waals surface area contributed by atoms with Crippen LogP contribution in [0.3, 0.4) is 0 Å². The van der Waals surface area contributed by atoms with Gasteiger partial charge in [-0.1, -0.05) is 0 Å².